The first-order valence-electron chi connectivity index (χ1n) is 15.3. The number of aryl methyl sites for hydroxylation is 1. The first-order chi connectivity index (χ1) is 22.7. The van der Waals surface area contributed by atoms with Gasteiger partial charge in [0.05, 0.1) is 59.2 Å². The molecule has 0 radical (unpaired) electrons. The Hall–Kier alpha value is -4.10. The van der Waals surface area contributed by atoms with Gasteiger partial charge in [-0.05, 0) is 47.5 Å². The summed E-state index contributed by atoms with van der Waals surface area (Å²) in [5.74, 6) is 1.52. The van der Waals surface area contributed by atoms with E-state index in [1.807, 2.05) is 31.6 Å². The van der Waals surface area contributed by atoms with Crippen LogP contribution in [0.3, 0.4) is 0 Å². The Labute approximate surface area is 281 Å². The topological polar surface area (TPSA) is 135 Å². The minimum Gasteiger partial charge on any atom is -0.494 e. The number of anilines is 5. The van der Waals surface area contributed by atoms with E-state index in [1.165, 1.54) is 0 Å². The van der Waals surface area contributed by atoms with E-state index in [-0.39, 0.29) is 0 Å². The van der Waals surface area contributed by atoms with Crippen molar-refractivity contribution in [1.82, 2.24) is 34.6 Å². The van der Waals surface area contributed by atoms with Crippen LogP contribution in [-0.4, -0.2) is 100 Å². The molecule has 0 unspecified atom stereocenters. The van der Waals surface area contributed by atoms with E-state index in [2.05, 4.69) is 68.5 Å². The smallest absolute Gasteiger partial charge is 0.229 e. The first kappa shape index (κ1) is 31.5. The van der Waals surface area contributed by atoms with Gasteiger partial charge >= 0.3 is 0 Å². The summed E-state index contributed by atoms with van der Waals surface area (Å²) >= 11 is 3.58. The maximum absolute atomic E-state index is 13.5. The standard InChI is InChI=1S/C32H36BrN10O3P/c1-41-17-20(15-37-41)22-13-26(28(45-2)14-27(22)43-11-9-42(10-12-43)21-18-46-19-21)39-32-36-16-23(33)31(40-32)38-25-6-5-24-29(35-8-7-34-24)30(25)47(3,4)44/h5-8,13-17,21H,9-12,18-19H2,1-4H3,(H2,36,38,39,40). The molecule has 0 bridgehead atoms. The molecule has 2 aliphatic rings. The third kappa shape index (κ3) is 6.42. The molecule has 0 spiro atoms. The zero-order valence-electron chi connectivity index (χ0n) is 26.6. The minimum atomic E-state index is -2.76. The SMILES string of the molecule is COc1cc(N2CCN(C3COC3)CC2)c(-c2cnn(C)c2)cc1Nc1ncc(Br)c(Nc2ccc3nccnc3c2P(C)(C)=O)n1. The van der Waals surface area contributed by atoms with Crippen molar-refractivity contribution in [3.05, 3.63) is 59.7 Å². The summed E-state index contributed by atoms with van der Waals surface area (Å²) in [4.78, 5) is 23.2. The van der Waals surface area contributed by atoms with E-state index in [4.69, 9.17) is 14.5 Å². The van der Waals surface area contributed by atoms with Gasteiger partial charge < -0.3 is 29.6 Å². The number of piperazine rings is 1. The molecule has 244 valence electrons. The van der Waals surface area contributed by atoms with Crippen LogP contribution in [0.5, 0.6) is 5.75 Å². The molecule has 0 aliphatic carbocycles. The van der Waals surface area contributed by atoms with Crippen molar-refractivity contribution in [3.8, 4) is 16.9 Å². The van der Waals surface area contributed by atoms with Gasteiger partial charge in [-0.25, -0.2) is 4.98 Å². The largest absolute Gasteiger partial charge is 0.494 e. The Morgan fingerprint density at radius 3 is 2.47 bits per heavy atom. The van der Waals surface area contributed by atoms with Gasteiger partial charge in [-0.3, -0.25) is 19.5 Å². The van der Waals surface area contributed by atoms with Gasteiger partial charge in [0.15, 0.2) is 0 Å². The predicted octanol–water partition coefficient (Wildman–Crippen LogP) is 4.85. The normalized spacial score (nSPS) is 15.9. The molecule has 2 N–H and O–H groups in total. The molecule has 2 aromatic carbocycles. The van der Waals surface area contributed by atoms with Gasteiger partial charge in [-0.15, -0.1) is 0 Å². The third-order valence-corrected chi connectivity index (χ3v) is 10.6. The number of nitrogens with one attached hydrogen (secondary N) is 2. The van der Waals surface area contributed by atoms with Crippen molar-refractivity contribution in [2.24, 2.45) is 7.05 Å². The lowest BCUT2D eigenvalue weighted by molar-refractivity contribution is -0.0660. The van der Waals surface area contributed by atoms with Crippen LogP contribution < -0.4 is 25.6 Å². The molecule has 5 heterocycles. The Kier molecular flexibility index (Phi) is 8.60. The molecule has 0 saturated carbocycles. The zero-order chi connectivity index (χ0) is 32.7. The fourth-order valence-corrected chi connectivity index (χ4v) is 7.76. The molecule has 5 aromatic rings. The molecule has 0 atom stereocenters. The number of methoxy groups -OCH3 is 1. The maximum atomic E-state index is 13.5. The Bertz CT molecular complexity index is 1990. The van der Waals surface area contributed by atoms with E-state index in [0.29, 0.717) is 55.7 Å². The van der Waals surface area contributed by atoms with Gasteiger partial charge in [-0.2, -0.15) is 10.1 Å². The fourth-order valence-electron chi connectivity index (χ4n) is 6.08. The van der Waals surface area contributed by atoms with Crippen molar-refractivity contribution in [2.45, 2.75) is 6.04 Å². The van der Waals surface area contributed by atoms with E-state index < -0.39 is 7.14 Å². The van der Waals surface area contributed by atoms with E-state index in [9.17, 15) is 4.57 Å². The van der Waals surface area contributed by atoms with E-state index in [1.54, 1.807) is 43.7 Å². The van der Waals surface area contributed by atoms with Crippen molar-refractivity contribution in [2.75, 3.05) is 75.4 Å². The summed E-state index contributed by atoms with van der Waals surface area (Å²) in [5, 5.41) is 11.8. The van der Waals surface area contributed by atoms with E-state index in [0.717, 1.165) is 56.2 Å². The number of fused-ring (bicyclic) bond motifs is 1. The second-order valence-corrected chi connectivity index (χ2v) is 16.1. The number of benzene rings is 2. The lowest BCUT2D eigenvalue weighted by Crippen LogP contribution is -2.56. The molecule has 2 saturated heterocycles. The summed E-state index contributed by atoms with van der Waals surface area (Å²) in [7, 11) is 0.816. The predicted molar refractivity (Wildman–Crippen MR) is 189 cm³/mol. The summed E-state index contributed by atoms with van der Waals surface area (Å²) in [6.07, 6.45) is 8.80. The molecule has 2 fully saturated rings. The van der Waals surface area contributed by atoms with E-state index >= 15 is 0 Å². The van der Waals surface area contributed by atoms with Gasteiger partial charge in [0.25, 0.3) is 0 Å². The van der Waals surface area contributed by atoms with Crippen LogP contribution in [0.4, 0.5) is 28.8 Å². The van der Waals surface area contributed by atoms with Crippen LogP contribution in [-0.2, 0) is 16.3 Å². The summed E-state index contributed by atoms with van der Waals surface area (Å²) in [5.41, 5.74) is 5.73. The minimum absolute atomic E-state index is 0.355. The van der Waals surface area contributed by atoms with Crippen molar-refractivity contribution < 1.29 is 14.0 Å². The van der Waals surface area contributed by atoms with Crippen LogP contribution in [0.25, 0.3) is 22.2 Å². The Morgan fingerprint density at radius 2 is 1.79 bits per heavy atom. The molecule has 13 nitrogen and oxygen atoms in total. The Morgan fingerprint density at radius 1 is 1.00 bits per heavy atom. The van der Waals surface area contributed by atoms with Gasteiger partial charge in [0, 0.05) is 80.9 Å². The fraction of sp³-hybridized carbons (Fsp3) is 0.344. The molecular weight excluding hydrogens is 683 g/mol. The van der Waals surface area contributed by atoms with Gasteiger partial charge in [-0.1, -0.05) is 0 Å². The molecule has 7 rings (SSSR count). The van der Waals surface area contributed by atoms with Crippen LogP contribution in [0.1, 0.15) is 0 Å². The average molecular weight is 720 g/mol. The molecular formula is C32H36BrN10O3P. The van der Waals surface area contributed by atoms with Gasteiger partial charge in [0.1, 0.15) is 24.2 Å². The number of ether oxygens (including phenoxy) is 2. The monoisotopic (exact) mass is 718 g/mol. The molecule has 3 aromatic heterocycles. The number of hydrogen-bond donors (Lipinski definition) is 2. The zero-order valence-corrected chi connectivity index (χ0v) is 29.1. The highest BCUT2D eigenvalue weighted by atomic mass is 79.9. The lowest BCUT2D eigenvalue weighted by atomic mass is 10.0. The van der Waals surface area contributed by atoms with Crippen LogP contribution >= 0.6 is 23.1 Å². The molecule has 2 aliphatic heterocycles. The van der Waals surface area contributed by atoms with Crippen molar-refractivity contribution in [1.29, 1.82) is 0 Å². The number of rotatable bonds is 9. The average Bonchev–Trinajstić information content (AvgIpc) is 3.47. The second-order valence-electron chi connectivity index (χ2n) is 12.1. The third-order valence-electron chi connectivity index (χ3n) is 8.52. The first-order valence-corrected chi connectivity index (χ1v) is 18.7. The van der Waals surface area contributed by atoms with Crippen LogP contribution in [0.15, 0.2) is 59.7 Å². The number of nitrogens with zero attached hydrogens (tertiary/aromatic N) is 8. The highest BCUT2D eigenvalue weighted by Crippen LogP contribution is 2.43. The molecule has 15 heteroatoms. The van der Waals surface area contributed by atoms with Crippen LogP contribution in [0.2, 0.25) is 0 Å². The number of aromatic nitrogens is 6. The maximum Gasteiger partial charge on any atom is 0.229 e. The van der Waals surface area contributed by atoms with Gasteiger partial charge in [0.2, 0.25) is 5.95 Å². The molecule has 0 amide bonds. The second kappa shape index (κ2) is 12.8. The summed E-state index contributed by atoms with van der Waals surface area (Å²) in [6.45, 7) is 8.84. The van der Waals surface area contributed by atoms with Crippen molar-refractivity contribution >= 4 is 68.2 Å². The van der Waals surface area contributed by atoms with Crippen molar-refractivity contribution in [3.63, 3.8) is 0 Å². The highest BCUT2D eigenvalue weighted by Gasteiger charge is 2.30. The number of halogens is 1. The number of hydrogen-bond acceptors (Lipinski definition) is 12. The lowest BCUT2D eigenvalue weighted by Gasteiger charge is -2.43. The van der Waals surface area contributed by atoms with Crippen LogP contribution in [0, 0.1) is 0 Å². The summed E-state index contributed by atoms with van der Waals surface area (Å²) in [6, 6.07) is 8.38. The summed E-state index contributed by atoms with van der Waals surface area (Å²) < 4.78 is 27.2. The Balaban J connectivity index is 1.21. The molecule has 47 heavy (non-hydrogen) atoms. The quantitative estimate of drug-likeness (QED) is 0.202. The highest BCUT2D eigenvalue weighted by molar-refractivity contribution is 9.10.